The standard InChI is InChI=1S/C14H18O2/c1-14(2,3)10-6-4-9(5-7-10)11-8-12(11)13(15)16/h4-7,11-12H,8H2,1-3H3,(H,15,16)/t11-,12+/m1/s1. The van der Waals surface area contributed by atoms with E-state index in [1.807, 2.05) is 0 Å². The Kier molecular flexibility index (Phi) is 2.53. The van der Waals surface area contributed by atoms with Gasteiger partial charge in [-0.05, 0) is 28.9 Å². The molecule has 2 atom stereocenters. The van der Waals surface area contributed by atoms with E-state index in [1.54, 1.807) is 0 Å². The molecule has 0 saturated heterocycles. The largest absolute Gasteiger partial charge is 0.481 e. The third-order valence-electron chi connectivity index (χ3n) is 3.31. The van der Waals surface area contributed by atoms with Crippen LogP contribution in [-0.2, 0) is 10.2 Å². The predicted molar refractivity (Wildman–Crippen MR) is 63.6 cm³/mol. The van der Waals surface area contributed by atoms with Crippen molar-refractivity contribution in [2.24, 2.45) is 5.92 Å². The van der Waals surface area contributed by atoms with E-state index in [0.717, 1.165) is 6.42 Å². The Hall–Kier alpha value is -1.31. The lowest BCUT2D eigenvalue weighted by atomic mass is 9.86. The predicted octanol–water partition coefficient (Wildman–Crippen LogP) is 3.17. The molecule has 16 heavy (non-hydrogen) atoms. The maximum atomic E-state index is 10.8. The summed E-state index contributed by atoms with van der Waals surface area (Å²) >= 11 is 0. The molecule has 2 rings (SSSR count). The van der Waals surface area contributed by atoms with E-state index in [4.69, 9.17) is 5.11 Å². The second-order valence-electron chi connectivity index (χ2n) is 5.66. The van der Waals surface area contributed by atoms with Crippen LogP contribution in [0.3, 0.4) is 0 Å². The molecule has 1 N–H and O–H groups in total. The number of benzene rings is 1. The van der Waals surface area contributed by atoms with Gasteiger partial charge in [-0.15, -0.1) is 0 Å². The zero-order valence-electron chi connectivity index (χ0n) is 10.0. The Bertz CT molecular complexity index is 398. The molecule has 2 heteroatoms. The highest BCUT2D eigenvalue weighted by atomic mass is 16.4. The van der Waals surface area contributed by atoms with E-state index in [2.05, 4.69) is 45.0 Å². The fourth-order valence-corrected chi connectivity index (χ4v) is 2.07. The maximum absolute atomic E-state index is 10.8. The van der Waals surface area contributed by atoms with Gasteiger partial charge in [0.15, 0.2) is 0 Å². The van der Waals surface area contributed by atoms with Gasteiger partial charge in [-0.1, -0.05) is 45.0 Å². The quantitative estimate of drug-likeness (QED) is 0.827. The Morgan fingerprint density at radius 2 is 1.81 bits per heavy atom. The van der Waals surface area contributed by atoms with E-state index in [0.29, 0.717) is 0 Å². The number of hydrogen-bond acceptors (Lipinski definition) is 1. The highest BCUT2D eigenvalue weighted by molar-refractivity contribution is 5.75. The van der Waals surface area contributed by atoms with E-state index in [1.165, 1.54) is 11.1 Å². The van der Waals surface area contributed by atoms with Crippen molar-refractivity contribution in [3.8, 4) is 0 Å². The summed E-state index contributed by atoms with van der Waals surface area (Å²) in [5.41, 5.74) is 2.62. The average molecular weight is 218 g/mol. The van der Waals surface area contributed by atoms with Crippen LogP contribution in [0.4, 0.5) is 0 Å². The van der Waals surface area contributed by atoms with Crippen molar-refractivity contribution in [1.82, 2.24) is 0 Å². The summed E-state index contributed by atoms with van der Waals surface area (Å²) < 4.78 is 0. The molecular formula is C14H18O2. The Labute approximate surface area is 96.3 Å². The molecule has 0 bridgehead atoms. The number of carboxylic acid groups (broad SMARTS) is 1. The van der Waals surface area contributed by atoms with Crippen molar-refractivity contribution in [2.45, 2.75) is 38.5 Å². The maximum Gasteiger partial charge on any atom is 0.307 e. The van der Waals surface area contributed by atoms with Gasteiger partial charge in [0.05, 0.1) is 5.92 Å². The van der Waals surface area contributed by atoms with Crippen LogP contribution in [0.5, 0.6) is 0 Å². The molecule has 1 saturated carbocycles. The van der Waals surface area contributed by atoms with Gasteiger partial charge < -0.3 is 5.11 Å². The molecule has 0 spiro atoms. The Morgan fingerprint density at radius 1 is 1.25 bits per heavy atom. The zero-order chi connectivity index (χ0) is 11.9. The second-order valence-corrected chi connectivity index (χ2v) is 5.66. The summed E-state index contributed by atoms with van der Waals surface area (Å²) in [6.07, 6.45) is 0.796. The first kappa shape index (κ1) is 11.2. The minimum atomic E-state index is -0.662. The third-order valence-corrected chi connectivity index (χ3v) is 3.31. The first-order chi connectivity index (χ1) is 7.39. The van der Waals surface area contributed by atoms with Crippen molar-refractivity contribution in [3.63, 3.8) is 0 Å². The number of rotatable bonds is 2. The molecule has 1 aromatic rings. The minimum Gasteiger partial charge on any atom is -0.481 e. The fraction of sp³-hybridized carbons (Fsp3) is 0.500. The highest BCUT2D eigenvalue weighted by Crippen LogP contribution is 2.47. The number of carbonyl (C=O) groups is 1. The van der Waals surface area contributed by atoms with Crippen LogP contribution in [0, 0.1) is 5.92 Å². The number of aliphatic carboxylic acids is 1. The van der Waals surface area contributed by atoms with Crippen molar-refractivity contribution in [1.29, 1.82) is 0 Å². The van der Waals surface area contributed by atoms with Gasteiger partial charge in [0.25, 0.3) is 0 Å². The topological polar surface area (TPSA) is 37.3 Å². The van der Waals surface area contributed by atoms with Crippen LogP contribution in [-0.4, -0.2) is 11.1 Å². The van der Waals surface area contributed by atoms with Gasteiger partial charge in [0.1, 0.15) is 0 Å². The Morgan fingerprint density at radius 3 is 2.19 bits per heavy atom. The minimum absolute atomic E-state index is 0.152. The van der Waals surface area contributed by atoms with Crippen molar-refractivity contribution in [2.75, 3.05) is 0 Å². The van der Waals surface area contributed by atoms with Crippen LogP contribution in [0.15, 0.2) is 24.3 Å². The molecule has 1 aliphatic carbocycles. The molecule has 1 fully saturated rings. The zero-order valence-corrected chi connectivity index (χ0v) is 10.0. The van der Waals surface area contributed by atoms with Gasteiger partial charge in [-0.2, -0.15) is 0 Å². The van der Waals surface area contributed by atoms with Gasteiger partial charge in [0.2, 0.25) is 0 Å². The lowest BCUT2D eigenvalue weighted by Crippen LogP contribution is -2.10. The van der Waals surface area contributed by atoms with Crippen LogP contribution < -0.4 is 0 Å². The van der Waals surface area contributed by atoms with Crippen LogP contribution >= 0.6 is 0 Å². The second kappa shape index (κ2) is 3.62. The molecule has 1 aromatic carbocycles. The van der Waals surface area contributed by atoms with E-state index < -0.39 is 5.97 Å². The van der Waals surface area contributed by atoms with Crippen molar-refractivity contribution < 1.29 is 9.90 Å². The molecule has 0 heterocycles. The van der Waals surface area contributed by atoms with Gasteiger partial charge in [-0.3, -0.25) is 4.79 Å². The third kappa shape index (κ3) is 2.11. The molecule has 86 valence electrons. The molecule has 1 aliphatic rings. The van der Waals surface area contributed by atoms with Crippen LogP contribution in [0.2, 0.25) is 0 Å². The molecule has 0 radical (unpaired) electrons. The highest BCUT2D eigenvalue weighted by Gasteiger charge is 2.44. The summed E-state index contributed by atoms with van der Waals surface area (Å²) in [4.78, 5) is 10.8. The van der Waals surface area contributed by atoms with Gasteiger partial charge >= 0.3 is 5.97 Å². The molecule has 0 aliphatic heterocycles. The van der Waals surface area contributed by atoms with Crippen molar-refractivity contribution in [3.05, 3.63) is 35.4 Å². The lowest BCUT2D eigenvalue weighted by molar-refractivity contribution is -0.138. The summed E-state index contributed by atoms with van der Waals surface area (Å²) in [6, 6.07) is 8.39. The Balaban J connectivity index is 2.13. The van der Waals surface area contributed by atoms with E-state index >= 15 is 0 Å². The van der Waals surface area contributed by atoms with Gasteiger partial charge in [0, 0.05) is 0 Å². The van der Waals surface area contributed by atoms with E-state index in [-0.39, 0.29) is 17.3 Å². The fourth-order valence-electron chi connectivity index (χ4n) is 2.07. The first-order valence-corrected chi connectivity index (χ1v) is 5.73. The molecule has 0 amide bonds. The number of hydrogen-bond donors (Lipinski definition) is 1. The summed E-state index contributed by atoms with van der Waals surface area (Å²) in [7, 11) is 0. The van der Waals surface area contributed by atoms with Gasteiger partial charge in [-0.25, -0.2) is 0 Å². The first-order valence-electron chi connectivity index (χ1n) is 5.73. The SMILES string of the molecule is CC(C)(C)c1ccc([C@H]2C[C@@H]2C(=O)O)cc1. The monoisotopic (exact) mass is 218 g/mol. The molecule has 2 nitrogen and oxygen atoms in total. The number of carboxylic acids is 1. The van der Waals surface area contributed by atoms with Crippen LogP contribution in [0.25, 0.3) is 0 Å². The smallest absolute Gasteiger partial charge is 0.307 e. The molecule has 0 unspecified atom stereocenters. The lowest BCUT2D eigenvalue weighted by Gasteiger charge is -2.19. The van der Waals surface area contributed by atoms with E-state index in [9.17, 15) is 4.79 Å². The molecular weight excluding hydrogens is 200 g/mol. The summed E-state index contributed by atoms with van der Waals surface area (Å²) in [6.45, 7) is 6.54. The normalized spacial score (nSPS) is 24.2. The summed E-state index contributed by atoms with van der Waals surface area (Å²) in [5.74, 6) is -0.572. The molecule has 0 aromatic heterocycles. The van der Waals surface area contributed by atoms with Crippen LogP contribution in [0.1, 0.15) is 44.2 Å². The van der Waals surface area contributed by atoms with Crippen molar-refractivity contribution >= 4 is 5.97 Å². The summed E-state index contributed by atoms with van der Waals surface area (Å²) in [5, 5.41) is 8.87. The average Bonchev–Trinajstić information content (AvgIpc) is 2.96.